The molecule has 0 bridgehead atoms. The molecule has 158 valence electrons. The Bertz CT molecular complexity index is 744. The fourth-order valence-electron chi connectivity index (χ4n) is 3.46. The molecule has 0 amide bonds. The van der Waals surface area contributed by atoms with Crippen molar-refractivity contribution in [1.29, 1.82) is 0 Å². The maximum Gasteiger partial charge on any atom is 0.334 e. The first-order chi connectivity index (χ1) is 13.7. The largest absolute Gasteiger partial charge is 0.461 e. The van der Waals surface area contributed by atoms with Crippen molar-refractivity contribution in [2.24, 2.45) is 11.8 Å². The lowest BCUT2D eigenvalue weighted by Gasteiger charge is -2.27. The average Bonchev–Trinajstić information content (AvgIpc) is 2.90. The molecule has 1 fully saturated rings. The molecular weight excluding hydrogens is 376 g/mol. The Balaban J connectivity index is 2.38. The first-order valence-electron chi connectivity index (χ1n) is 9.77. The van der Waals surface area contributed by atoms with Gasteiger partial charge in [-0.15, -0.1) is 0 Å². The van der Waals surface area contributed by atoms with Crippen LogP contribution < -0.4 is 0 Å². The number of carbonyl (C=O) groups is 4. The van der Waals surface area contributed by atoms with Gasteiger partial charge in [-0.05, 0) is 36.0 Å². The van der Waals surface area contributed by atoms with Crippen LogP contribution in [0.4, 0.5) is 0 Å². The minimum atomic E-state index is -0.758. The zero-order valence-corrected chi connectivity index (χ0v) is 17.1. The van der Waals surface area contributed by atoms with Gasteiger partial charge in [0.1, 0.15) is 25.1 Å². The second-order valence-corrected chi connectivity index (χ2v) is 7.79. The van der Waals surface area contributed by atoms with Gasteiger partial charge in [0, 0.05) is 25.3 Å². The van der Waals surface area contributed by atoms with Gasteiger partial charge in [0.2, 0.25) is 0 Å². The molecule has 0 aromatic rings. The summed E-state index contributed by atoms with van der Waals surface area (Å²) in [6.45, 7) is 9.01. The predicted molar refractivity (Wildman–Crippen MR) is 105 cm³/mol. The quantitative estimate of drug-likeness (QED) is 0.221. The molecule has 0 unspecified atom stereocenters. The van der Waals surface area contributed by atoms with E-state index >= 15 is 0 Å². The smallest absolute Gasteiger partial charge is 0.334 e. The van der Waals surface area contributed by atoms with Crippen molar-refractivity contribution in [3.05, 3.63) is 35.5 Å². The maximum absolute atomic E-state index is 12.3. The highest BCUT2D eigenvalue weighted by molar-refractivity contribution is 5.91. The van der Waals surface area contributed by atoms with Crippen LogP contribution in [0.25, 0.3) is 0 Å². The first kappa shape index (κ1) is 22.6. The summed E-state index contributed by atoms with van der Waals surface area (Å²) in [7, 11) is 0. The summed E-state index contributed by atoms with van der Waals surface area (Å²) >= 11 is 0. The van der Waals surface area contributed by atoms with Gasteiger partial charge in [0.25, 0.3) is 0 Å². The fraction of sp³-hybridized carbons (Fsp3) is 0.545. The van der Waals surface area contributed by atoms with Crippen molar-refractivity contribution >= 4 is 24.2 Å². The van der Waals surface area contributed by atoms with Crippen molar-refractivity contribution in [1.82, 2.24) is 0 Å². The average molecular weight is 404 g/mol. The molecule has 2 rings (SSSR count). The molecule has 2 aliphatic rings. The Hall–Kier alpha value is -2.70. The SMILES string of the molecule is C=C1C(=O)O[C@@H]2/C=C(\COC(C)=O)CCC=C(C=O)C[C@@H](OC(=O)CC(C)C)[C@@H]12. The third kappa shape index (κ3) is 6.41. The fourth-order valence-corrected chi connectivity index (χ4v) is 3.46. The number of allylic oxidation sites excluding steroid dienone is 1. The molecule has 1 aliphatic heterocycles. The Morgan fingerprint density at radius 2 is 2.10 bits per heavy atom. The van der Waals surface area contributed by atoms with Gasteiger partial charge in [-0.25, -0.2) is 4.79 Å². The Morgan fingerprint density at radius 1 is 1.38 bits per heavy atom. The van der Waals surface area contributed by atoms with E-state index in [1.807, 2.05) is 13.8 Å². The van der Waals surface area contributed by atoms with Crippen LogP contribution in [0.1, 0.15) is 46.5 Å². The number of aldehydes is 1. The molecule has 1 saturated heterocycles. The Morgan fingerprint density at radius 3 is 2.72 bits per heavy atom. The third-order valence-electron chi connectivity index (χ3n) is 4.84. The van der Waals surface area contributed by atoms with Crippen LogP contribution in [-0.2, 0) is 33.4 Å². The molecular formula is C22H28O7. The van der Waals surface area contributed by atoms with E-state index in [4.69, 9.17) is 14.2 Å². The van der Waals surface area contributed by atoms with E-state index in [2.05, 4.69) is 6.58 Å². The predicted octanol–water partition coefficient (Wildman–Crippen LogP) is 2.84. The van der Waals surface area contributed by atoms with Gasteiger partial charge >= 0.3 is 17.9 Å². The number of carbonyl (C=O) groups excluding carboxylic acids is 4. The highest BCUT2D eigenvalue weighted by atomic mass is 16.6. The van der Waals surface area contributed by atoms with Crippen LogP contribution in [0.5, 0.6) is 0 Å². The zero-order chi connectivity index (χ0) is 21.6. The van der Waals surface area contributed by atoms with Gasteiger partial charge in [-0.3, -0.25) is 14.4 Å². The van der Waals surface area contributed by atoms with Crippen LogP contribution in [0.2, 0.25) is 0 Å². The summed E-state index contributed by atoms with van der Waals surface area (Å²) in [6, 6.07) is 0. The minimum Gasteiger partial charge on any atom is -0.461 e. The minimum absolute atomic E-state index is 0.0602. The molecule has 3 atom stereocenters. The van der Waals surface area contributed by atoms with Crippen molar-refractivity contribution < 1.29 is 33.4 Å². The first-order valence-corrected chi connectivity index (χ1v) is 9.77. The Kier molecular flexibility index (Phi) is 7.93. The molecule has 0 N–H and O–H groups in total. The van der Waals surface area contributed by atoms with Crippen molar-refractivity contribution in [3.8, 4) is 0 Å². The van der Waals surface area contributed by atoms with E-state index in [1.165, 1.54) is 6.92 Å². The van der Waals surface area contributed by atoms with Crippen LogP contribution in [-0.4, -0.2) is 43.0 Å². The molecule has 0 aromatic heterocycles. The number of ether oxygens (including phenoxy) is 3. The third-order valence-corrected chi connectivity index (χ3v) is 4.84. The second-order valence-electron chi connectivity index (χ2n) is 7.79. The van der Waals surface area contributed by atoms with Crippen molar-refractivity contribution in [2.45, 2.75) is 58.7 Å². The lowest BCUT2D eigenvalue weighted by molar-refractivity contribution is -0.153. The van der Waals surface area contributed by atoms with Crippen molar-refractivity contribution in [3.63, 3.8) is 0 Å². The molecule has 7 nitrogen and oxygen atoms in total. The summed E-state index contributed by atoms with van der Waals surface area (Å²) in [6.07, 6.45) is 4.27. The van der Waals surface area contributed by atoms with E-state index < -0.39 is 36.0 Å². The molecule has 7 heteroatoms. The van der Waals surface area contributed by atoms with E-state index in [9.17, 15) is 19.2 Å². The van der Waals surface area contributed by atoms with Gasteiger partial charge in [-0.2, -0.15) is 0 Å². The van der Waals surface area contributed by atoms with Crippen LogP contribution in [0.3, 0.4) is 0 Å². The number of rotatable bonds is 6. The standard InChI is InChI=1S/C22H28O7/c1-13(2)8-20(25)28-18-9-16(11-23)6-5-7-17(12-27-15(4)24)10-19-21(18)14(3)22(26)29-19/h6,10-11,13,18-19,21H,3,5,7-9,12H2,1-2,4H3/b16-6?,17-10-/t18-,19-,21-/m1/s1. The Labute approximate surface area is 170 Å². The van der Waals surface area contributed by atoms with Crippen LogP contribution in [0, 0.1) is 11.8 Å². The molecule has 29 heavy (non-hydrogen) atoms. The summed E-state index contributed by atoms with van der Waals surface area (Å²) < 4.78 is 16.2. The molecule has 0 radical (unpaired) electrons. The van der Waals surface area contributed by atoms with Gasteiger partial charge < -0.3 is 14.2 Å². The maximum atomic E-state index is 12.3. The molecule has 0 saturated carbocycles. The zero-order valence-electron chi connectivity index (χ0n) is 17.1. The molecule has 1 aliphatic carbocycles. The van der Waals surface area contributed by atoms with Gasteiger partial charge in [-0.1, -0.05) is 26.5 Å². The lowest BCUT2D eigenvalue weighted by atomic mass is 9.85. The number of hydrogen-bond acceptors (Lipinski definition) is 7. The number of hydrogen-bond donors (Lipinski definition) is 0. The van der Waals surface area contributed by atoms with Gasteiger partial charge in [0.05, 0.1) is 5.92 Å². The molecule has 1 heterocycles. The van der Waals surface area contributed by atoms with Crippen LogP contribution >= 0.6 is 0 Å². The second kappa shape index (κ2) is 10.2. The molecule has 0 aromatic carbocycles. The summed E-state index contributed by atoms with van der Waals surface area (Å²) in [5.41, 5.74) is 1.44. The lowest BCUT2D eigenvalue weighted by Crippen LogP contribution is -2.34. The van der Waals surface area contributed by atoms with Crippen LogP contribution in [0.15, 0.2) is 35.5 Å². The van der Waals surface area contributed by atoms with E-state index in [0.717, 1.165) is 11.9 Å². The van der Waals surface area contributed by atoms with E-state index in [0.29, 0.717) is 18.4 Å². The summed E-state index contributed by atoms with van der Waals surface area (Å²) in [5, 5.41) is 0. The summed E-state index contributed by atoms with van der Waals surface area (Å²) in [5.74, 6) is -1.89. The number of fused-ring (bicyclic) bond motifs is 1. The molecule has 0 spiro atoms. The highest BCUT2D eigenvalue weighted by Crippen LogP contribution is 2.36. The van der Waals surface area contributed by atoms with E-state index in [-0.39, 0.29) is 30.9 Å². The van der Waals surface area contributed by atoms with Gasteiger partial charge in [0.15, 0.2) is 0 Å². The normalized spacial score (nSPS) is 26.6. The van der Waals surface area contributed by atoms with Crippen molar-refractivity contribution in [2.75, 3.05) is 6.61 Å². The topological polar surface area (TPSA) is 96.0 Å². The monoisotopic (exact) mass is 404 g/mol. The van der Waals surface area contributed by atoms with E-state index in [1.54, 1.807) is 12.2 Å². The number of esters is 3. The summed E-state index contributed by atoms with van der Waals surface area (Å²) in [4.78, 5) is 47.3. The highest BCUT2D eigenvalue weighted by Gasteiger charge is 2.44.